The summed E-state index contributed by atoms with van der Waals surface area (Å²) in [4.78, 5) is 24.9. The van der Waals surface area contributed by atoms with Crippen LogP contribution < -0.4 is 10.9 Å². The van der Waals surface area contributed by atoms with Gasteiger partial charge in [-0.25, -0.2) is 4.79 Å². The fourth-order valence-electron chi connectivity index (χ4n) is 3.28. The van der Waals surface area contributed by atoms with E-state index in [4.69, 9.17) is 4.42 Å². The molecule has 4 heteroatoms. The number of carbonyl (C=O) groups excluding carboxylic acids is 1. The van der Waals surface area contributed by atoms with Gasteiger partial charge in [0.2, 0.25) is 0 Å². The Morgan fingerprint density at radius 1 is 1.00 bits per heavy atom. The zero-order valence-electron chi connectivity index (χ0n) is 13.1. The van der Waals surface area contributed by atoms with E-state index in [-0.39, 0.29) is 17.0 Å². The van der Waals surface area contributed by atoms with Crippen LogP contribution in [0.1, 0.15) is 35.2 Å². The highest BCUT2D eigenvalue weighted by Crippen LogP contribution is 2.41. The second-order valence-electron chi connectivity index (χ2n) is 6.24. The Labute approximate surface area is 139 Å². The molecule has 1 N–H and O–H groups in total. The van der Waals surface area contributed by atoms with Crippen LogP contribution >= 0.6 is 0 Å². The Kier molecular flexibility index (Phi) is 3.45. The first-order valence-electron chi connectivity index (χ1n) is 8.09. The molecule has 1 saturated carbocycles. The highest BCUT2D eigenvalue weighted by atomic mass is 16.4. The maximum atomic E-state index is 12.7. The maximum Gasteiger partial charge on any atom is 0.349 e. The Hall–Kier alpha value is -2.88. The third kappa shape index (κ3) is 2.40. The van der Waals surface area contributed by atoms with Crippen molar-refractivity contribution in [3.05, 3.63) is 82.2 Å². The van der Waals surface area contributed by atoms with Crippen LogP contribution in [0.25, 0.3) is 11.0 Å². The van der Waals surface area contributed by atoms with E-state index >= 15 is 0 Å². The molecule has 0 atom stereocenters. The topological polar surface area (TPSA) is 59.3 Å². The SMILES string of the molecule is O=C(NC1(c2ccccc2)CCC1)c1cc2ccccc2oc1=O. The molecule has 2 aromatic carbocycles. The van der Waals surface area contributed by atoms with Gasteiger partial charge in [-0.3, -0.25) is 4.79 Å². The zero-order chi connectivity index (χ0) is 16.6. The van der Waals surface area contributed by atoms with E-state index in [0.29, 0.717) is 5.58 Å². The predicted molar refractivity (Wildman–Crippen MR) is 91.9 cm³/mol. The summed E-state index contributed by atoms with van der Waals surface area (Å²) in [5.74, 6) is -0.377. The normalized spacial score (nSPS) is 15.7. The highest BCUT2D eigenvalue weighted by Gasteiger charge is 2.40. The molecule has 0 bridgehead atoms. The van der Waals surface area contributed by atoms with Crippen LogP contribution in [-0.4, -0.2) is 5.91 Å². The number of para-hydroxylation sites is 1. The van der Waals surface area contributed by atoms with Gasteiger partial charge in [-0.2, -0.15) is 0 Å². The molecule has 1 amide bonds. The number of fused-ring (bicyclic) bond motifs is 1. The second kappa shape index (κ2) is 5.64. The molecule has 0 spiro atoms. The van der Waals surface area contributed by atoms with E-state index in [9.17, 15) is 9.59 Å². The molecule has 1 aromatic heterocycles. The van der Waals surface area contributed by atoms with Crippen molar-refractivity contribution in [2.45, 2.75) is 24.8 Å². The van der Waals surface area contributed by atoms with Crippen LogP contribution in [0.3, 0.4) is 0 Å². The smallest absolute Gasteiger partial charge is 0.349 e. The van der Waals surface area contributed by atoms with Crippen LogP contribution in [0, 0.1) is 0 Å². The number of benzene rings is 2. The minimum absolute atomic E-state index is 0.0518. The van der Waals surface area contributed by atoms with Gasteiger partial charge in [0.05, 0.1) is 5.54 Å². The summed E-state index contributed by atoms with van der Waals surface area (Å²) < 4.78 is 5.27. The van der Waals surface area contributed by atoms with E-state index in [1.54, 1.807) is 18.2 Å². The summed E-state index contributed by atoms with van der Waals surface area (Å²) in [6, 6.07) is 18.7. The lowest BCUT2D eigenvalue weighted by Crippen LogP contribution is -2.51. The van der Waals surface area contributed by atoms with Crippen molar-refractivity contribution in [2.24, 2.45) is 0 Å². The van der Waals surface area contributed by atoms with Gasteiger partial charge in [0.15, 0.2) is 0 Å². The molecule has 0 unspecified atom stereocenters. The summed E-state index contributed by atoms with van der Waals surface area (Å²) in [7, 11) is 0. The Bertz CT molecular complexity index is 955. The monoisotopic (exact) mass is 319 g/mol. The molecule has 1 fully saturated rings. The van der Waals surface area contributed by atoms with Gasteiger partial charge in [0.1, 0.15) is 11.1 Å². The average Bonchev–Trinajstić information content (AvgIpc) is 2.58. The average molecular weight is 319 g/mol. The van der Waals surface area contributed by atoms with Crippen LogP contribution in [-0.2, 0) is 5.54 Å². The van der Waals surface area contributed by atoms with Gasteiger partial charge >= 0.3 is 5.63 Å². The van der Waals surface area contributed by atoms with Crippen molar-refractivity contribution in [2.75, 3.05) is 0 Å². The van der Waals surface area contributed by atoms with E-state index in [1.807, 2.05) is 42.5 Å². The van der Waals surface area contributed by atoms with Crippen molar-refractivity contribution >= 4 is 16.9 Å². The first-order chi connectivity index (χ1) is 11.7. The second-order valence-corrected chi connectivity index (χ2v) is 6.24. The molecule has 1 aliphatic carbocycles. The maximum absolute atomic E-state index is 12.7. The Morgan fingerprint density at radius 3 is 2.42 bits per heavy atom. The first-order valence-corrected chi connectivity index (χ1v) is 8.09. The molecule has 120 valence electrons. The Morgan fingerprint density at radius 2 is 1.71 bits per heavy atom. The summed E-state index contributed by atoms with van der Waals surface area (Å²) in [6.45, 7) is 0. The number of nitrogens with one attached hydrogen (secondary N) is 1. The van der Waals surface area contributed by atoms with Crippen LogP contribution in [0.15, 0.2) is 69.9 Å². The number of rotatable bonds is 3. The van der Waals surface area contributed by atoms with Gasteiger partial charge in [-0.05, 0) is 37.0 Å². The number of carbonyl (C=O) groups is 1. The van der Waals surface area contributed by atoms with Crippen LogP contribution in [0.2, 0.25) is 0 Å². The molecule has 24 heavy (non-hydrogen) atoms. The molecule has 0 saturated heterocycles. The molecular weight excluding hydrogens is 302 g/mol. The quantitative estimate of drug-likeness (QED) is 0.750. The van der Waals surface area contributed by atoms with Gasteiger partial charge in [0, 0.05) is 5.39 Å². The van der Waals surface area contributed by atoms with Crippen LogP contribution in [0.4, 0.5) is 0 Å². The van der Waals surface area contributed by atoms with Crippen molar-refractivity contribution in [1.82, 2.24) is 5.32 Å². The summed E-state index contributed by atoms with van der Waals surface area (Å²) in [6.07, 6.45) is 2.81. The lowest BCUT2D eigenvalue weighted by atomic mass is 9.71. The molecule has 4 rings (SSSR count). The molecule has 1 aliphatic rings. The molecule has 3 aromatic rings. The molecule has 1 heterocycles. The van der Waals surface area contributed by atoms with Gasteiger partial charge in [-0.1, -0.05) is 48.5 Å². The largest absolute Gasteiger partial charge is 0.422 e. The van der Waals surface area contributed by atoms with Crippen LogP contribution in [0.5, 0.6) is 0 Å². The van der Waals surface area contributed by atoms with E-state index in [0.717, 1.165) is 30.2 Å². The van der Waals surface area contributed by atoms with Crippen molar-refractivity contribution < 1.29 is 9.21 Å². The van der Waals surface area contributed by atoms with Gasteiger partial charge < -0.3 is 9.73 Å². The molecule has 4 nitrogen and oxygen atoms in total. The standard InChI is InChI=1S/C20H17NO3/c22-18(16-13-14-7-4-5-10-17(14)24-19(16)23)21-20(11-6-12-20)15-8-2-1-3-9-15/h1-5,7-10,13H,6,11-12H2,(H,21,22). The van der Waals surface area contributed by atoms with Crippen molar-refractivity contribution in [1.29, 1.82) is 0 Å². The lowest BCUT2D eigenvalue weighted by molar-refractivity contribution is 0.0819. The fraction of sp³-hybridized carbons (Fsp3) is 0.200. The van der Waals surface area contributed by atoms with Gasteiger partial charge in [0.25, 0.3) is 5.91 Å². The Balaban J connectivity index is 1.69. The fourth-order valence-corrected chi connectivity index (χ4v) is 3.28. The molecular formula is C20H17NO3. The molecule has 0 aliphatic heterocycles. The van der Waals surface area contributed by atoms with Crippen molar-refractivity contribution in [3.8, 4) is 0 Å². The zero-order valence-corrected chi connectivity index (χ0v) is 13.1. The first kappa shape index (κ1) is 14.7. The predicted octanol–water partition coefficient (Wildman–Crippen LogP) is 3.60. The van der Waals surface area contributed by atoms with E-state index in [1.165, 1.54) is 0 Å². The number of amides is 1. The van der Waals surface area contributed by atoms with Gasteiger partial charge in [-0.15, -0.1) is 0 Å². The summed E-state index contributed by atoms with van der Waals surface area (Å²) in [5, 5.41) is 3.81. The van der Waals surface area contributed by atoms with E-state index in [2.05, 4.69) is 5.32 Å². The highest BCUT2D eigenvalue weighted by molar-refractivity contribution is 5.97. The minimum atomic E-state index is -0.603. The third-order valence-electron chi connectivity index (χ3n) is 4.77. The third-order valence-corrected chi connectivity index (χ3v) is 4.77. The number of hydrogen-bond donors (Lipinski definition) is 1. The lowest BCUT2D eigenvalue weighted by Gasteiger charge is -2.43. The summed E-state index contributed by atoms with van der Waals surface area (Å²) >= 11 is 0. The number of hydrogen-bond acceptors (Lipinski definition) is 3. The molecule has 0 radical (unpaired) electrons. The minimum Gasteiger partial charge on any atom is -0.422 e. The summed E-state index contributed by atoms with van der Waals surface area (Å²) in [5.41, 5.74) is 0.635. The van der Waals surface area contributed by atoms with E-state index < -0.39 is 5.63 Å². The van der Waals surface area contributed by atoms with Crippen molar-refractivity contribution in [3.63, 3.8) is 0 Å².